The highest BCUT2D eigenvalue weighted by atomic mass is 32.2. The van der Waals surface area contributed by atoms with Crippen LogP contribution in [-0.2, 0) is 11.2 Å². The summed E-state index contributed by atoms with van der Waals surface area (Å²) in [5, 5.41) is 2.19. The van der Waals surface area contributed by atoms with Crippen molar-refractivity contribution >= 4 is 28.6 Å². The number of nitrogens with zero attached hydrogens (tertiary/aromatic N) is 2. The molecule has 0 N–H and O–H groups in total. The van der Waals surface area contributed by atoms with E-state index in [0.717, 1.165) is 36.5 Å². The number of likely N-dealkylation sites (tertiary alicyclic amines) is 1. The van der Waals surface area contributed by atoms with E-state index < -0.39 is 0 Å². The van der Waals surface area contributed by atoms with Crippen molar-refractivity contribution in [3.8, 4) is 0 Å². The maximum atomic E-state index is 12.5. The third-order valence-electron chi connectivity index (χ3n) is 4.74. The number of aryl methyl sites for hydroxylation is 2. The maximum Gasteiger partial charge on any atom is 0.232 e. The van der Waals surface area contributed by atoms with Crippen molar-refractivity contribution in [1.29, 1.82) is 0 Å². The Labute approximate surface area is 148 Å². The minimum Gasteiger partial charge on any atom is -0.342 e. The molecule has 1 aromatic heterocycles. The van der Waals surface area contributed by atoms with Gasteiger partial charge in [-0.1, -0.05) is 37.7 Å². The highest BCUT2D eigenvalue weighted by Crippen LogP contribution is 2.27. The van der Waals surface area contributed by atoms with Crippen molar-refractivity contribution < 1.29 is 4.79 Å². The number of amides is 1. The lowest BCUT2D eigenvalue weighted by atomic mass is 10.0. The normalized spacial score (nSPS) is 18.1. The van der Waals surface area contributed by atoms with Crippen LogP contribution in [0, 0.1) is 12.8 Å². The van der Waals surface area contributed by atoms with Gasteiger partial charge in [-0.05, 0) is 55.4 Å². The van der Waals surface area contributed by atoms with Gasteiger partial charge in [0.05, 0.1) is 11.3 Å². The lowest BCUT2D eigenvalue weighted by Gasteiger charge is -2.30. The van der Waals surface area contributed by atoms with Gasteiger partial charge in [0.1, 0.15) is 5.03 Å². The highest BCUT2D eigenvalue weighted by molar-refractivity contribution is 7.99. The molecule has 0 saturated carbocycles. The van der Waals surface area contributed by atoms with E-state index in [1.54, 1.807) is 11.8 Å². The molecule has 2 heterocycles. The SMILES string of the molecule is CCc1cc2ccc(C)cc2nc1SCC(=O)N1CCC[C@H](C)C1. The smallest absolute Gasteiger partial charge is 0.232 e. The van der Waals surface area contributed by atoms with Crippen LogP contribution in [0.25, 0.3) is 10.9 Å². The van der Waals surface area contributed by atoms with Gasteiger partial charge in [0, 0.05) is 18.5 Å². The monoisotopic (exact) mass is 342 g/mol. The summed E-state index contributed by atoms with van der Waals surface area (Å²) in [7, 11) is 0. The Morgan fingerprint density at radius 3 is 2.96 bits per heavy atom. The number of carbonyl (C=O) groups is 1. The largest absolute Gasteiger partial charge is 0.342 e. The third kappa shape index (κ3) is 3.92. The second kappa shape index (κ2) is 7.56. The molecule has 1 aromatic carbocycles. The average Bonchev–Trinajstić information content (AvgIpc) is 2.58. The topological polar surface area (TPSA) is 33.2 Å². The molecule has 24 heavy (non-hydrogen) atoms. The summed E-state index contributed by atoms with van der Waals surface area (Å²) in [5.74, 6) is 1.37. The summed E-state index contributed by atoms with van der Waals surface area (Å²) < 4.78 is 0. The van der Waals surface area contributed by atoms with Crippen LogP contribution in [0.15, 0.2) is 29.3 Å². The van der Waals surface area contributed by atoms with Crippen LogP contribution in [0.5, 0.6) is 0 Å². The zero-order valence-electron chi connectivity index (χ0n) is 14.8. The first-order chi connectivity index (χ1) is 11.6. The Hall–Kier alpha value is -1.55. The number of hydrogen-bond acceptors (Lipinski definition) is 3. The number of benzene rings is 1. The fraction of sp³-hybridized carbons (Fsp3) is 0.500. The van der Waals surface area contributed by atoms with Crippen LogP contribution < -0.4 is 0 Å². The molecular formula is C20H26N2OS. The standard InChI is InChI=1S/C20H26N2OS/c1-4-16-11-17-8-7-14(2)10-18(17)21-20(16)24-13-19(23)22-9-5-6-15(3)12-22/h7-8,10-11,15H,4-6,9,12-13H2,1-3H3/t15-/m0/s1. The Bertz CT molecular complexity index is 744. The average molecular weight is 343 g/mol. The van der Waals surface area contributed by atoms with Crippen molar-refractivity contribution in [3.63, 3.8) is 0 Å². The van der Waals surface area contributed by atoms with E-state index in [0.29, 0.717) is 11.7 Å². The third-order valence-corrected chi connectivity index (χ3v) is 5.75. The van der Waals surface area contributed by atoms with E-state index in [2.05, 4.69) is 45.0 Å². The first-order valence-corrected chi connectivity index (χ1v) is 9.86. The molecule has 3 rings (SSSR count). The molecule has 1 amide bonds. The molecule has 1 atom stereocenters. The first-order valence-electron chi connectivity index (χ1n) is 8.87. The number of pyridine rings is 1. The molecule has 1 saturated heterocycles. The van der Waals surface area contributed by atoms with E-state index in [-0.39, 0.29) is 5.91 Å². The van der Waals surface area contributed by atoms with Crippen LogP contribution in [0.1, 0.15) is 37.8 Å². The molecule has 4 heteroatoms. The van der Waals surface area contributed by atoms with Gasteiger partial charge < -0.3 is 4.90 Å². The zero-order chi connectivity index (χ0) is 17.1. The van der Waals surface area contributed by atoms with Gasteiger partial charge in [-0.2, -0.15) is 0 Å². The van der Waals surface area contributed by atoms with Crippen molar-refractivity contribution in [2.24, 2.45) is 5.92 Å². The summed E-state index contributed by atoms with van der Waals surface area (Å²) >= 11 is 1.59. The summed E-state index contributed by atoms with van der Waals surface area (Å²) in [5.41, 5.74) is 3.47. The highest BCUT2D eigenvalue weighted by Gasteiger charge is 2.21. The Morgan fingerprint density at radius 1 is 1.38 bits per heavy atom. The molecule has 0 spiro atoms. The second-order valence-corrected chi connectivity index (χ2v) is 7.84. The molecule has 1 aliphatic heterocycles. The van der Waals surface area contributed by atoms with E-state index in [1.807, 2.05) is 4.90 Å². The number of aromatic nitrogens is 1. The molecule has 2 aromatic rings. The Morgan fingerprint density at radius 2 is 2.21 bits per heavy atom. The minimum atomic E-state index is 0.250. The predicted molar refractivity (Wildman–Crippen MR) is 102 cm³/mol. The fourth-order valence-electron chi connectivity index (χ4n) is 3.32. The van der Waals surface area contributed by atoms with Gasteiger partial charge >= 0.3 is 0 Å². The minimum absolute atomic E-state index is 0.250. The molecular weight excluding hydrogens is 316 g/mol. The molecule has 1 aliphatic rings. The number of carbonyl (C=O) groups excluding carboxylic acids is 1. The lowest BCUT2D eigenvalue weighted by molar-refractivity contribution is -0.130. The number of thioether (sulfide) groups is 1. The summed E-state index contributed by atoms with van der Waals surface area (Å²) in [4.78, 5) is 19.4. The van der Waals surface area contributed by atoms with Gasteiger partial charge in [0.25, 0.3) is 0 Å². The first kappa shape index (κ1) is 17.3. The molecule has 128 valence electrons. The van der Waals surface area contributed by atoms with E-state index in [9.17, 15) is 4.79 Å². The Balaban J connectivity index is 1.75. The molecule has 3 nitrogen and oxygen atoms in total. The van der Waals surface area contributed by atoms with Crippen molar-refractivity contribution in [3.05, 3.63) is 35.4 Å². The Kier molecular flexibility index (Phi) is 5.44. The lowest BCUT2D eigenvalue weighted by Crippen LogP contribution is -2.40. The van der Waals surface area contributed by atoms with Crippen molar-refractivity contribution in [2.45, 2.75) is 45.1 Å². The molecule has 1 fully saturated rings. The van der Waals surface area contributed by atoms with Gasteiger partial charge in [-0.15, -0.1) is 0 Å². The van der Waals surface area contributed by atoms with Crippen LogP contribution in [0.4, 0.5) is 0 Å². The van der Waals surface area contributed by atoms with Crippen LogP contribution >= 0.6 is 11.8 Å². The molecule has 0 aliphatic carbocycles. The van der Waals surface area contributed by atoms with Gasteiger partial charge in [0.2, 0.25) is 5.91 Å². The van der Waals surface area contributed by atoms with E-state index in [1.165, 1.54) is 22.9 Å². The summed E-state index contributed by atoms with van der Waals surface area (Å²) in [6.45, 7) is 8.28. The van der Waals surface area contributed by atoms with E-state index >= 15 is 0 Å². The van der Waals surface area contributed by atoms with Crippen LogP contribution in [0.2, 0.25) is 0 Å². The maximum absolute atomic E-state index is 12.5. The molecule has 0 bridgehead atoms. The van der Waals surface area contributed by atoms with Gasteiger partial charge in [-0.25, -0.2) is 4.98 Å². The van der Waals surface area contributed by atoms with Crippen LogP contribution in [0.3, 0.4) is 0 Å². The second-order valence-electron chi connectivity index (χ2n) is 6.88. The summed E-state index contributed by atoms with van der Waals surface area (Å²) in [6, 6.07) is 8.59. The fourth-order valence-corrected chi connectivity index (χ4v) is 4.31. The number of rotatable bonds is 4. The van der Waals surface area contributed by atoms with Crippen LogP contribution in [-0.4, -0.2) is 34.6 Å². The predicted octanol–water partition coefficient (Wildman–Crippen LogP) is 4.46. The van der Waals surface area contributed by atoms with E-state index in [4.69, 9.17) is 4.98 Å². The number of piperidine rings is 1. The number of hydrogen-bond donors (Lipinski definition) is 0. The number of fused-ring (bicyclic) bond motifs is 1. The zero-order valence-corrected chi connectivity index (χ0v) is 15.7. The van der Waals surface area contributed by atoms with Crippen molar-refractivity contribution in [2.75, 3.05) is 18.8 Å². The van der Waals surface area contributed by atoms with Crippen molar-refractivity contribution in [1.82, 2.24) is 9.88 Å². The van der Waals surface area contributed by atoms with Gasteiger partial charge in [0.15, 0.2) is 0 Å². The summed E-state index contributed by atoms with van der Waals surface area (Å²) in [6.07, 6.45) is 3.31. The molecule has 0 radical (unpaired) electrons. The van der Waals surface area contributed by atoms with Gasteiger partial charge in [-0.3, -0.25) is 4.79 Å². The quantitative estimate of drug-likeness (QED) is 0.769. The molecule has 0 unspecified atom stereocenters.